The Kier molecular flexibility index (Phi) is 3.22. The van der Waals surface area contributed by atoms with Gasteiger partial charge in [0.1, 0.15) is 11.5 Å². The van der Waals surface area contributed by atoms with Crippen LogP contribution in [0.25, 0.3) is 0 Å². The first kappa shape index (κ1) is 11.9. The lowest BCUT2D eigenvalue weighted by molar-refractivity contribution is 0.217. The van der Waals surface area contributed by atoms with E-state index in [1.54, 1.807) is 11.3 Å². The Morgan fingerprint density at radius 1 is 1.44 bits per heavy atom. The van der Waals surface area contributed by atoms with Crippen LogP contribution in [-0.2, 0) is 6.54 Å². The maximum Gasteiger partial charge on any atom is 0.121 e. The molecule has 0 aliphatic carbocycles. The molecule has 1 unspecified atom stereocenters. The van der Waals surface area contributed by atoms with Crippen LogP contribution in [-0.4, -0.2) is 16.4 Å². The van der Waals surface area contributed by atoms with E-state index >= 15 is 0 Å². The summed E-state index contributed by atoms with van der Waals surface area (Å²) >= 11 is 1.73. The van der Waals surface area contributed by atoms with Crippen molar-refractivity contribution < 1.29 is 4.42 Å². The van der Waals surface area contributed by atoms with Crippen LogP contribution >= 0.6 is 11.3 Å². The lowest BCUT2D eigenvalue weighted by atomic mass is 10.1. The number of furan rings is 1. The Labute approximate surface area is 111 Å². The van der Waals surface area contributed by atoms with E-state index in [4.69, 9.17) is 4.42 Å². The fraction of sp³-hybridized carbons (Fsp3) is 0.500. The molecule has 2 aromatic rings. The van der Waals surface area contributed by atoms with Crippen molar-refractivity contribution in [2.45, 2.75) is 39.3 Å². The minimum atomic E-state index is 0.431. The van der Waals surface area contributed by atoms with Gasteiger partial charge in [-0.1, -0.05) is 0 Å². The monoisotopic (exact) mass is 262 g/mol. The minimum Gasteiger partial charge on any atom is -0.465 e. The van der Waals surface area contributed by atoms with E-state index in [0.29, 0.717) is 6.04 Å². The zero-order valence-electron chi connectivity index (χ0n) is 10.8. The molecule has 3 nitrogen and oxygen atoms in total. The van der Waals surface area contributed by atoms with Crippen LogP contribution in [0.4, 0.5) is 0 Å². The largest absolute Gasteiger partial charge is 0.465 e. The summed E-state index contributed by atoms with van der Waals surface area (Å²) in [7, 11) is 0. The normalized spacial score (nSPS) is 20.7. The lowest BCUT2D eigenvalue weighted by Gasteiger charge is -2.21. The summed E-state index contributed by atoms with van der Waals surface area (Å²) in [6, 6.07) is 4.60. The Balaban J connectivity index is 1.75. The highest BCUT2D eigenvalue weighted by atomic mass is 32.1. The Morgan fingerprint density at radius 3 is 3.00 bits per heavy atom. The summed E-state index contributed by atoms with van der Waals surface area (Å²) in [6.07, 6.45) is 2.43. The van der Waals surface area contributed by atoms with Crippen molar-refractivity contribution in [1.29, 1.82) is 0 Å². The number of hydrogen-bond donors (Lipinski definition) is 0. The number of rotatable bonds is 3. The summed E-state index contributed by atoms with van der Waals surface area (Å²) in [5.41, 5.74) is 1.19. The van der Waals surface area contributed by atoms with E-state index in [1.807, 2.05) is 6.92 Å². The number of likely N-dealkylation sites (tertiary alicyclic amines) is 1. The van der Waals surface area contributed by atoms with Gasteiger partial charge in [0.15, 0.2) is 0 Å². The number of aryl methyl sites for hydroxylation is 2. The molecule has 0 N–H and O–H groups in total. The standard InChI is InChI=1S/C14H18N2OS/c1-10-5-6-14(17-10)13-4-3-7-16(13)8-12-9-18-11(2)15-12/h5-6,9,13H,3-4,7-8H2,1-2H3. The van der Waals surface area contributed by atoms with E-state index in [1.165, 1.54) is 18.5 Å². The Hall–Kier alpha value is -1.13. The maximum absolute atomic E-state index is 5.78. The van der Waals surface area contributed by atoms with Crippen LogP contribution in [0.2, 0.25) is 0 Å². The molecule has 1 saturated heterocycles. The second kappa shape index (κ2) is 4.86. The Bertz CT molecular complexity index is 531. The molecular formula is C14H18N2OS. The first-order valence-corrected chi connectivity index (χ1v) is 7.32. The van der Waals surface area contributed by atoms with Gasteiger partial charge < -0.3 is 4.42 Å². The number of aromatic nitrogens is 1. The second-order valence-electron chi connectivity index (χ2n) is 4.93. The first-order valence-electron chi connectivity index (χ1n) is 6.44. The third kappa shape index (κ3) is 2.35. The second-order valence-corrected chi connectivity index (χ2v) is 6.00. The SMILES string of the molecule is Cc1ccc(C2CCCN2Cc2csc(C)n2)o1. The van der Waals surface area contributed by atoms with Gasteiger partial charge >= 0.3 is 0 Å². The van der Waals surface area contributed by atoms with Crippen LogP contribution in [0.15, 0.2) is 21.9 Å². The number of nitrogens with zero attached hydrogens (tertiary/aromatic N) is 2. The summed E-state index contributed by atoms with van der Waals surface area (Å²) in [6.45, 7) is 6.15. The molecular weight excluding hydrogens is 244 g/mol. The van der Waals surface area contributed by atoms with Crippen molar-refractivity contribution in [2.75, 3.05) is 6.54 Å². The summed E-state index contributed by atoms with van der Waals surface area (Å²) in [4.78, 5) is 7.03. The average molecular weight is 262 g/mol. The highest BCUT2D eigenvalue weighted by molar-refractivity contribution is 7.09. The van der Waals surface area contributed by atoms with Gasteiger partial charge in [-0.2, -0.15) is 0 Å². The molecule has 0 saturated carbocycles. The maximum atomic E-state index is 5.78. The highest BCUT2D eigenvalue weighted by Crippen LogP contribution is 2.34. The smallest absolute Gasteiger partial charge is 0.121 e. The predicted molar refractivity (Wildman–Crippen MR) is 72.7 cm³/mol. The zero-order chi connectivity index (χ0) is 12.5. The molecule has 2 aromatic heterocycles. The van der Waals surface area contributed by atoms with Gasteiger partial charge in [0, 0.05) is 11.9 Å². The van der Waals surface area contributed by atoms with Gasteiger partial charge in [-0.15, -0.1) is 11.3 Å². The fourth-order valence-corrected chi connectivity index (χ4v) is 3.26. The third-order valence-electron chi connectivity index (χ3n) is 3.48. The average Bonchev–Trinajstić information content (AvgIpc) is 3.01. The highest BCUT2D eigenvalue weighted by Gasteiger charge is 2.28. The van der Waals surface area contributed by atoms with E-state index in [2.05, 4.69) is 34.3 Å². The number of thiazole rings is 1. The molecule has 0 spiro atoms. The van der Waals surface area contributed by atoms with Crippen molar-refractivity contribution >= 4 is 11.3 Å². The van der Waals surface area contributed by atoms with E-state index in [0.717, 1.165) is 29.6 Å². The van der Waals surface area contributed by atoms with Crippen molar-refractivity contribution in [3.05, 3.63) is 39.7 Å². The fourth-order valence-electron chi connectivity index (χ4n) is 2.66. The van der Waals surface area contributed by atoms with Gasteiger partial charge in [0.25, 0.3) is 0 Å². The van der Waals surface area contributed by atoms with Crippen molar-refractivity contribution in [1.82, 2.24) is 9.88 Å². The van der Waals surface area contributed by atoms with Gasteiger partial charge in [-0.3, -0.25) is 4.90 Å². The zero-order valence-corrected chi connectivity index (χ0v) is 11.7. The van der Waals surface area contributed by atoms with Gasteiger partial charge in [0.2, 0.25) is 0 Å². The summed E-state index contributed by atoms with van der Waals surface area (Å²) < 4.78 is 5.78. The third-order valence-corrected chi connectivity index (χ3v) is 4.31. The van der Waals surface area contributed by atoms with Crippen molar-refractivity contribution in [3.63, 3.8) is 0 Å². The molecule has 4 heteroatoms. The van der Waals surface area contributed by atoms with E-state index in [-0.39, 0.29) is 0 Å². The summed E-state index contributed by atoms with van der Waals surface area (Å²) in [5, 5.41) is 3.31. The molecule has 1 aliphatic heterocycles. The van der Waals surface area contributed by atoms with Crippen molar-refractivity contribution in [3.8, 4) is 0 Å². The van der Waals surface area contributed by atoms with E-state index in [9.17, 15) is 0 Å². The molecule has 96 valence electrons. The Morgan fingerprint density at radius 2 is 2.33 bits per heavy atom. The summed E-state index contributed by atoms with van der Waals surface area (Å²) in [5.74, 6) is 2.11. The van der Waals surface area contributed by atoms with E-state index < -0.39 is 0 Å². The molecule has 3 rings (SSSR count). The molecule has 3 heterocycles. The molecule has 0 bridgehead atoms. The molecule has 0 amide bonds. The molecule has 1 atom stereocenters. The van der Waals surface area contributed by atoms with Crippen LogP contribution in [0.3, 0.4) is 0 Å². The van der Waals surface area contributed by atoms with Crippen LogP contribution in [0, 0.1) is 13.8 Å². The van der Waals surface area contributed by atoms with Gasteiger partial charge in [-0.05, 0) is 45.4 Å². The first-order chi connectivity index (χ1) is 8.72. The molecule has 0 radical (unpaired) electrons. The van der Waals surface area contributed by atoms with Gasteiger partial charge in [0.05, 0.1) is 16.7 Å². The van der Waals surface area contributed by atoms with Gasteiger partial charge in [-0.25, -0.2) is 4.98 Å². The lowest BCUT2D eigenvalue weighted by Crippen LogP contribution is -2.22. The quantitative estimate of drug-likeness (QED) is 0.844. The molecule has 18 heavy (non-hydrogen) atoms. The van der Waals surface area contributed by atoms with Crippen LogP contribution < -0.4 is 0 Å². The van der Waals surface area contributed by atoms with Crippen LogP contribution in [0.5, 0.6) is 0 Å². The predicted octanol–water partition coefficient (Wildman–Crippen LogP) is 3.69. The van der Waals surface area contributed by atoms with Crippen molar-refractivity contribution in [2.24, 2.45) is 0 Å². The molecule has 1 aliphatic rings. The minimum absolute atomic E-state index is 0.431. The molecule has 1 fully saturated rings. The van der Waals surface area contributed by atoms with Crippen LogP contribution in [0.1, 0.15) is 41.1 Å². The number of hydrogen-bond acceptors (Lipinski definition) is 4. The molecule has 0 aromatic carbocycles. The topological polar surface area (TPSA) is 29.3 Å².